The Bertz CT molecular complexity index is 559. The van der Waals surface area contributed by atoms with Crippen LogP contribution in [0.1, 0.15) is 65.2 Å². The summed E-state index contributed by atoms with van der Waals surface area (Å²) in [6, 6.07) is 0. The number of carboxylic acids is 1. The molecule has 8 atom stereocenters. The van der Waals surface area contributed by atoms with Crippen molar-refractivity contribution in [1.29, 1.82) is 0 Å². The van der Waals surface area contributed by atoms with Crippen LogP contribution in [-0.4, -0.2) is 23.8 Å². The molecule has 2 unspecified atom stereocenters. The van der Waals surface area contributed by atoms with Crippen molar-refractivity contribution in [3.8, 4) is 0 Å². The zero-order valence-electron chi connectivity index (χ0n) is 14.5. The topological polar surface area (TPSA) is 46.5 Å². The molecule has 0 radical (unpaired) electrons. The van der Waals surface area contributed by atoms with Crippen molar-refractivity contribution in [1.82, 2.24) is 0 Å². The molecule has 0 amide bonds. The van der Waals surface area contributed by atoms with Crippen LogP contribution in [0.25, 0.3) is 0 Å². The summed E-state index contributed by atoms with van der Waals surface area (Å²) in [6.45, 7) is 5.36. The zero-order chi connectivity index (χ0) is 16.0. The lowest BCUT2D eigenvalue weighted by molar-refractivity contribution is -0.221. The molecule has 3 nitrogen and oxygen atoms in total. The van der Waals surface area contributed by atoms with Gasteiger partial charge in [-0.25, -0.2) is 0 Å². The van der Waals surface area contributed by atoms with E-state index in [2.05, 4.69) is 6.92 Å². The van der Waals surface area contributed by atoms with E-state index in [0.29, 0.717) is 5.41 Å². The van der Waals surface area contributed by atoms with Crippen LogP contribution >= 0.6 is 0 Å². The van der Waals surface area contributed by atoms with E-state index in [9.17, 15) is 9.90 Å². The summed E-state index contributed by atoms with van der Waals surface area (Å²) in [6.07, 6.45) is 9.92. The van der Waals surface area contributed by atoms with Gasteiger partial charge in [-0.05, 0) is 80.5 Å². The molecule has 0 aromatic carbocycles. The minimum Gasteiger partial charge on any atom is -0.481 e. The van der Waals surface area contributed by atoms with Crippen molar-refractivity contribution in [2.45, 2.75) is 71.3 Å². The van der Waals surface area contributed by atoms with Gasteiger partial charge in [0.1, 0.15) is 0 Å². The minimum atomic E-state index is -0.598. The number of carboxylic acid groups (broad SMARTS) is 1. The van der Waals surface area contributed by atoms with Gasteiger partial charge in [-0.3, -0.25) is 4.79 Å². The van der Waals surface area contributed by atoms with Crippen LogP contribution in [0.15, 0.2) is 0 Å². The highest BCUT2D eigenvalue weighted by molar-refractivity contribution is 5.75. The molecule has 1 heterocycles. The number of ether oxygens (including phenoxy) is 1. The Morgan fingerprint density at radius 3 is 2.65 bits per heavy atom. The maximum absolute atomic E-state index is 12.2. The van der Waals surface area contributed by atoms with E-state index in [4.69, 9.17) is 4.74 Å². The van der Waals surface area contributed by atoms with Crippen LogP contribution < -0.4 is 0 Å². The third-order valence-corrected chi connectivity index (χ3v) is 9.17. The molecule has 5 fully saturated rings. The molecule has 4 aliphatic carbocycles. The Morgan fingerprint density at radius 2 is 1.87 bits per heavy atom. The molecule has 1 spiro atoms. The standard InChI is InChI=1S/C20H30O3/c1-18-6-3-7-19(2,17(21)22)16(18)14-10-20-8-12(4-5-15(18)20)13(9-20)11-23-14/h12-16H,3-11H2,1-2H3,(H,21,22)/t12-,13+,14?,15-,16-,18-,19?,20-/m1/s1. The van der Waals surface area contributed by atoms with E-state index < -0.39 is 11.4 Å². The molecule has 3 heteroatoms. The second-order valence-electron chi connectivity index (χ2n) is 10.1. The van der Waals surface area contributed by atoms with Crippen molar-refractivity contribution in [2.75, 3.05) is 6.61 Å². The van der Waals surface area contributed by atoms with Crippen LogP contribution in [0.2, 0.25) is 0 Å². The minimum absolute atomic E-state index is 0.165. The molecule has 5 aliphatic rings. The molecule has 5 rings (SSSR count). The quantitative estimate of drug-likeness (QED) is 0.791. The number of rotatable bonds is 1. The van der Waals surface area contributed by atoms with E-state index in [1.54, 1.807) is 0 Å². The smallest absolute Gasteiger partial charge is 0.309 e. The van der Waals surface area contributed by atoms with Gasteiger partial charge in [0.15, 0.2) is 0 Å². The maximum atomic E-state index is 12.2. The first-order valence-corrected chi connectivity index (χ1v) is 9.74. The van der Waals surface area contributed by atoms with Crippen molar-refractivity contribution in [2.24, 2.45) is 39.9 Å². The fourth-order valence-corrected chi connectivity index (χ4v) is 8.57. The Hall–Kier alpha value is -0.570. The second kappa shape index (κ2) is 4.33. The molecule has 4 bridgehead atoms. The largest absolute Gasteiger partial charge is 0.481 e. The number of hydrogen-bond donors (Lipinski definition) is 1. The highest BCUT2D eigenvalue weighted by atomic mass is 16.5. The molecule has 4 saturated carbocycles. The van der Waals surface area contributed by atoms with Gasteiger partial charge in [0.25, 0.3) is 0 Å². The fourth-order valence-electron chi connectivity index (χ4n) is 8.57. The molecule has 1 aliphatic heterocycles. The summed E-state index contributed by atoms with van der Waals surface area (Å²) >= 11 is 0. The zero-order valence-corrected chi connectivity index (χ0v) is 14.5. The van der Waals surface area contributed by atoms with Crippen molar-refractivity contribution in [3.63, 3.8) is 0 Å². The van der Waals surface area contributed by atoms with Gasteiger partial charge in [0, 0.05) is 5.92 Å². The number of carbonyl (C=O) groups is 1. The summed E-state index contributed by atoms with van der Waals surface area (Å²) in [4.78, 5) is 12.2. The highest BCUT2D eigenvalue weighted by Gasteiger charge is 2.70. The lowest BCUT2D eigenvalue weighted by Crippen LogP contribution is -2.63. The van der Waals surface area contributed by atoms with E-state index in [0.717, 1.165) is 43.6 Å². The summed E-state index contributed by atoms with van der Waals surface area (Å²) in [7, 11) is 0. The van der Waals surface area contributed by atoms with Crippen molar-refractivity contribution >= 4 is 5.97 Å². The first-order chi connectivity index (χ1) is 10.9. The maximum Gasteiger partial charge on any atom is 0.309 e. The fraction of sp³-hybridized carbons (Fsp3) is 0.950. The Kier molecular flexibility index (Phi) is 2.78. The predicted molar refractivity (Wildman–Crippen MR) is 86.9 cm³/mol. The molecular weight excluding hydrogens is 288 g/mol. The Labute approximate surface area is 139 Å². The summed E-state index contributed by atoms with van der Waals surface area (Å²) in [5, 5.41) is 10.1. The van der Waals surface area contributed by atoms with E-state index in [1.807, 2.05) is 6.92 Å². The molecular formula is C20H30O3. The van der Waals surface area contributed by atoms with E-state index >= 15 is 0 Å². The average Bonchev–Trinajstić information content (AvgIpc) is 2.63. The second-order valence-corrected chi connectivity index (χ2v) is 10.1. The number of fused-ring (bicyclic) bond motifs is 7. The Morgan fingerprint density at radius 1 is 1.09 bits per heavy atom. The summed E-state index contributed by atoms with van der Waals surface area (Å²) < 4.78 is 6.47. The Balaban J connectivity index is 1.66. The monoisotopic (exact) mass is 318 g/mol. The lowest BCUT2D eigenvalue weighted by Gasteiger charge is -2.65. The molecule has 0 aromatic heterocycles. The van der Waals surface area contributed by atoms with Crippen molar-refractivity contribution in [3.05, 3.63) is 0 Å². The van der Waals surface area contributed by atoms with Crippen LogP contribution in [-0.2, 0) is 9.53 Å². The highest BCUT2D eigenvalue weighted by Crippen LogP contribution is 2.73. The van der Waals surface area contributed by atoms with Gasteiger partial charge >= 0.3 is 5.97 Å². The number of aliphatic carboxylic acids is 1. The van der Waals surface area contributed by atoms with Gasteiger partial charge in [-0.1, -0.05) is 13.3 Å². The van der Waals surface area contributed by atoms with Gasteiger partial charge < -0.3 is 9.84 Å². The van der Waals surface area contributed by atoms with Crippen LogP contribution in [0, 0.1) is 39.9 Å². The predicted octanol–water partition coefficient (Wildman–Crippen LogP) is 4.11. The SMILES string of the molecule is CC1(C(=O)O)CCC[C@@]2(C)[C@H]1C1C[C@]34C[C@@H](CC[C@@H]32)[C@H](CO1)C4. The van der Waals surface area contributed by atoms with Gasteiger partial charge in [-0.15, -0.1) is 0 Å². The first-order valence-electron chi connectivity index (χ1n) is 9.74. The third-order valence-electron chi connectivity index (χ3n) is 9.17. The van der Waals surface area contributed by atoms with Crippen LogP contribution in [0.3, 0.4) is 0 Å². The average molecular weight is 318 g/mol. The molecule has 23 heavy (non-hydrogen) atoms. The van der Waals surface area contributed by atoms with Crippen molar-refractivity contribution < 1.29 is 14.6 Å². The van der Waals surface area contributed by atoms with Crippen LogP contribution in [0.4, 0.5) is 0 Å². The normalized spacial score (nSPS) is 60.2. The molecule has 1 N–H and O–H groups in total. The van der Waals surface area contributed by atoms with Gasteiger partial charge in [-0.2, -0.15) is 0 Å². The third kappa shape index (κ3) is 1.63. The lowest BCUT2D eigenvalue weighted by atomic mass is 9.40. The van der Waals surface area contributed by atoms with E-state index in [1.165, 1.54) is 32.1 Å². The van der Waals surface area contributed by atoms with Gasteiger partial charge in [0.05, 0.1) is 18.1 Å². The molecule has 1 saturated heterocycles. The number of hydrogen-bond acceptors (Lipinski definition) is 2. The van der Waals surface area contributed by atoms with Crippen LogP contribution in [0.5, 0.6) is 0 Å². The first kappa shape index (κ1) is 14.7. The van der Waals surface area contributed by atoms with Gasteiger partial charge in [0.2, 0.25) is 0 Å². The molecule has 0 aromatic rings. The molecule has 128 valence electrons. The summed E-state index contributed by atoms with van der Waals surface area (Å²) in [5.74, 6) is 1.99. The van der Waals surface area contributed by atoms with E-state index in [-0.39, 0.29) is 17.4 Å². The summed E-state index contributed by atoms with van der Waals surface area (Å²) in [5.41, 5.74) is 0.0506.